The van der Waals surface area contributed by atoms with E-state index in [1.165, 1.54) is 6.21 Å². The summed E-state index contributed by atoms with van der Waals surface area (Å²) in [5.41, 5.74) is 0.631. The van der Waals surface area contributed by atoms with E-state index in [-0.39, 0.29) is 17.8 Å². The van der Waals surface area contributed by atoms with Crippen molar-refractivity contribution in [3.8, 4) is 0 Å². The van der Waals surface area contributed by atoms with Crippen molar-refractivity contribution in [3.05, 3.63) is 23.6 Å². The van der Waals surface area contributed by atoms with Crippen LogP contribution < -0.4 is 5.32 Å². The average Bonchev–Trinajstić information content (AvgIpc) is 2.29. The van der Waals surface area contributed by atoms with Crippen LogP contribution in [-0.2, 0) is 0 Å². The monoisotopic (exact) mass is 182 g/mol. The van der Waals surface area contributed by atoms with Gasteiger partial charge in [0.25, 0.3) is 0 Å². The van der Waals surface area contributed by atoms with E-state index >= 15 is 0 Å². The number of rotatable bonds is 2. The highest BCUT2D eigenvalue weighted by atomic mass is 19.1. The van der Waals surface area contributed by atoms with Gasteiger partial charge in [0.2, 0.25) is 0 Å². The van der Waals surface area contributed by atoms with Gasteiger partial charge in [-0.3, -0.25) is 0 Å². The fourth-order valence-electron chi connectivity index (χ4n) is 1.44. The van der Waals surface area contributed by atoms with E-state index in [1.807, 2.05) is 13.1 Å². The molecule has 0 radical (unpaired) electrons. The average molecular weight is 182 g/mol. The van der Waals surface area contributed by atoms with Crippen molar-refractivity contribution in [2.45, 2.75) is 19.4 Å². The molecule has 0 bridgehead atoms. The molecule has 0 aromatic carbocycles. The SMILES string of the molecule is CNC1C=CC(C)=C(F)C(C=N)C1. The Bertz CT molecular complexity index is 256. The summed E-state index contributed by atoms with van der Waals surface area (Å²) in [4.78, 5) is 0. The highest BCUT2D eigenvalue weighted by molar-refractivity contribution is 5.62. The number of likely N-dealkylation sites (N-methyl/N-ethyl adjacent to an activating group) is 1. The molecular formula is C10H15FN2. The molecule has 0 aliphatic heterocycles. The maximum Gasteiger partial charge on any atom is 0.111 e. The second kappa shape index (κ2) is 4.33. The van der Waals surface area contributed by atoms with Crippen LogP contribution in [0.3, 0.4) is 0 Å². The number of halogens is 1. The lowest BCUT2D eigenvalue weighted by molar-refractivity contribution is 0.485. The molecule has 2 atom stereocenters. The Hall–Kier alpha value is -0.960. The summed E-state index contributed by atoms with van der Waals surface area (Å²) in [5, 5.41) is 10.2. The summed E-state index contributed by atoms with van der Waals surface area (Å²) in [5.74, 6) is -0.545. The predicted octanol–water partition coefficient (Wildman–Crippen LogP) is 2.04. The van der Waals surface area contributed by atoms with Crippen LogP contribution in [0.2, 0.25) is 0 Å². The van der Waals surface area contributed by atoms with E-state index in [0.717, 1.165) is 0 Å². The summed E-state index contributed by atoms with van der Waals surface area (Å²) in [6.07, 6.45) is 5.52. The van der Waals surface area contributed by atoms with Crippen molar-refractivity contribution in [3.63, 3.8) is 0 Å². The summed E-state index contributed by atoms with van der Waals surface area (Å²) in [7, 11) is 1.84. The third kappa shape index (κ3) is 2.25. The molecule has 3 heteroatoms. The minimum Gasteiger partial charge on any atom is -0.313 e. The first-order valence-corrected chi connectivity index (χ1v) is 4.41. The van der Waals surface area contributed by atoms with Gasteiger partial charge in [0.05, 0.1) is 0 Å². The Kier molecular flexibility index (Phi) is 3.37. The third-order valence-corrected chi connectivity index (χ3v) is 2.36. The Morgan fingerprint density at radius 2 is 2.38 bits per heavy atom. The molecule has 2 unspecified atom stereocenters. The zero-order valence-corrected chi connectivity index (χ0v) is 7.97. The smallest absolute Gasteiger partial charge is 0.111 e. The standard InChI is InChI=1S/C10H15FN2/c1-7-3-4-9(13-2)5-8(6-12)10(7)11/h3-4,6,8-9,12-13H,5H2,1-2H3. The van der Waals surface area contributed by atoms with Crippen molar-refractivity contribution in [2.75, 3.05) is 7.05 Å². The minimum absolute atomic E-state index is 0.162. The Balaban J connectivity index is 2.88. The topological polar surface area (TPSA) is 35.9 Å². The second-order valence-electron chi connectivity index (χ2n) is 3.29. The van der Waals surface area contributed by atoms with Crippen LogP contribution in [0, 0.1) is 11.3 Å². The predicted molar refractivity (Wildman–Crippen MR) is 52.7 cm³/mol. The Morgan fingerprint density at radius 1 is 1.69 bits per heavy atom. The van der Waals surface area contributed by atoms with Gasteiger partial charge in [0.1, 0.15) is 5.83 Å². The molecule has 1 aliphatic rings. The number of hydrogen-bond acceptors (Lipinski definition) is 2. The number of hydrogen-bond donors (Lipinski definition) is 2. The molecule has 1 rings (SSSR count). The molecule has 1 aliphatic carbocycles. The first-order chi connectivity index (χ1) is 6.19. The summed E-state index contributed by atoms with van der Waals surface area (Å²) >= 11 is 0. The third-order valence-electron chi connectivity index (χ3n) is 2.36. The molecule has 0 amide bonds. The van der Waals surface area contributed by atoms with Crippen molar-refractivity contribution in [2.24, 2.45) is 5.92 Å². The van der Waals surface area contributed by atoms with E-state index < -0.39 is 0 Å². The molecule has 0 heterocycles. The summed E-state index contributed by atoms with van der Waals surface area (Å²) < 4.78 is 13.5. The molecular weight excluding hydrogens is 167 g/mol. The molecule has 0 fully saturated rings. The fraction of sp³-hybridized carbons (Fsp3) is 0.500. The zero-order valence-electron chi connectivity index (χ0n) is 7.97. The van der Waals surface area contributed by atoms with Crippen LogP contribution >= 0.6 is 0 Å². The molecule has 72 valence electrons. The molecule has 0 aromatic heterocycles. The fourth-order valence-corrected chi connectivity index (χ4v) is 1.44. The highest BCUT2D eigenvalue weighted by Gasteiger charge is 2.19. The quantitative estimate of drug-likeness (QED) is 0.630. The Morgan fingerprint density at radius 3 is 2.92 bits per heavy atom. The minimum atomic E-state index is -0.368. The Labute approximate surface area is 78.0 Å². The largest absolute Gasteiger partial charge is 0.313 e. The van der Waals surface area contributed by atoms with Crippen LogP contribution in [0.25, 0.3) is 0 Å². The first-order valence-electron chi connectivity index (χ1n) is 4.41. The van der Waals surface area contributed by atoms with Gasteiger partial charge < -0.3 is 10.7 Å². The van der Waals surface area contributed by atoms with Crippen molar-refractivity contribution in [1.29, 1.82) is 5.41 Å². The first kappa shape index (κ1) is 10.1. The van der Waals surface area contributed by atoms with Gasteiger partial charge >= 0.3 is 0 Å². The number of nitrogens with one attached hydrogen (secondary N) is 2. The summed E-state index contributed by atoms with van der Waals surface area (Å²) in [6.45, 7) is 1.74. The van der Waals surface area contributed by atoms with Crippen LogP contribution in [0.1, 0.15) is 13.3 Å². The van der Waals surface area contributed by atoms with Crippen LogP contribution in [0.15, 0.2) is 23.6 Å². The lowest BCUT2D eigenvalue weighted by Gasteiger charge is -2.14. The van der Waals surface area contributed by atoms with Gasteiger partial charge in [-0.1, -0.05) is 12.2 Å². The molecule has 0 saturated heterocycles. The van der Waals surface area contributed by atoms with Crippen LogP contribution in [0.4, 0.5) is 4.39 Å². The molecule has 2 N–H and O–H groups in total. The van der Waals surface area contributed by atoms with E-state index in [9.17, 15) is 4.39 Å². The molecule has 0 spiro atoms. The highest BCUT2D eigenvalue weighted by Crippen LogP contribution is 2.24. The lowest BCUT2D eigenvalue weighted by atomic mass is 10.0. The van der Waals surface area contributed by atoms with E-state index in [1.54, 1.807) is 13.0 Å². The maximum atomic E-state index is 13.5. The molecule has 13 heavy (non-hydrogen) atoms. The van der Waals surface area contributed by atoms with Crippen molar-refractivity contribution < 1.29 is 4.39 Å². The maximum absolute atomic E-state index is 13.5. The van der Waals surface area contributed by atoms with E-state index in [4.69, 9.17) is 5.41 Å². The number of allylic oxidation sites excluding steroid dienone is 3. The van der Waals surface area contributed by atoms with Gasteiger partial charge in [0, 0.05) is 18.2 Å². The molecule has 0 saturated carbocycles. The molecule has 2 nitrogen and oxygen atoms in total. The van der Waals surface area contributed by atoms with Gasteiger partial charge in [-0.15, -0.1) is 0 Å². The second-order valence-corrected chi connectivity index (χ2v) is 3.29. The lowest BCUT2D eigenvalue weighted by Crippen LogP contribution is -2.25. The van der Waals surface area contributed by atoms with Gasteiger partial charge in [-0.25, -0.2) is 4.39 Å². The molecule has 0 aromatic rings. The van der Waals surface area contributed by atoms with Gasteiger partial charge in [-0.2, -0.15) is 0 Å². The van der Waals surface area contributed by atoms with E-state index in [0.29, 0.717) is 12.0 Å². The van der Waals surface area contributed by atoms with Crippen LogP contribution in [-0.4, -0.2) is 19.3 Å². The zero-order chi connectivity index (χ0) is 9.84. The summed E-state index contributed by atoms with van der Waals surface area (Å²) in [6, 6.07) is 0.162. The van der Waals surface area contributed by atoms with Gasteiger partial charge in [0.15, 0.2) is 0 Å². The van der Waals surface area contributed by atoms with Crippen LogP contribution in [0.5, 0.6) is 0 Å². The van der Waals surface area contributed by atoms with Crippen molar-refractivity contribution >= 4 is 6.21 Å². The van der Waals surface area contributed by atoms with Gasteiger partial charge in [-0.05, 0) is 26.0 Å². The normalized spacial score (nSPS) is 28.8. The van der Waals surface area contributed by atoms with Crippen molar-refractivity contribution in [1.82, 2.24) is 5.32 Å². The van der Waals surface area contributed by atoms with E-state index in [2.05, 4.69) is 5.32 Å².